The Bertz CT molecular complexity index is 2200. The number of benzene rings is 4. The Morgan fingerprint density at radius 1 is 0.643 bits per heavy atom. The van der Waals surface area contributed by atoms with Crippen LogP contribution in [0.25, 0.3) is 21.5 Å². The highest BCUT2D eigenvalue weighted by Crippen LogP contribution is 2.36. The van der Waals surface area contributed by atoms with Crippen molar-refractivity contribution in [2.24, 2.45) is 0 Å². The van der Waals surface area contributed by atoms with Crippen molar-refractivity contribution in [3.8, 4) is 0 Å². The fraction of sp³-hybridized carbons (Fsp3) is 0.405. The maximum atomic E-state index is 14.0. The zero-order valence-corrected chi connectivity index (χ0v) is 32.2. The van der Waals surface area contributed by atoms with Crippen molar-refractivity contribution in [3.05, 3.63) is 82.9 Å². The molecule has 8 rings (SSSR count). The maximum Gasteiger partial charge on any atom is 0.261 e. The Balaban J connectivity index is 0.883. The first-order chi connectivity index (χ1) is 27.3. The summed E-state index contributed by atoms with van der Waals surface area (Å²) in [4.78, 5) is 76.9. The van der Waals surface area contributed by atoms with Crippen molar-refractivity contribution >= 4 is 75.1 Å². The lowest BCUT2D eigenvalue weighted by Crippen LogP contribution is -2.46. The molecule has 0 aromatic heterocycles. The summed E-state index contributed by atoms with van der Waals surface area (Å²) in [6.07, 6.45) is 0.808. The first kappa shape index (κ1) is 37.9. The monoisotopic (exact) mass is 778 g/mol. The fourth-order valence-corrected chi connectivity index (χ4v) is 8.44. The number of thiol groups is 1. The minimum Gasteiger partial charge on any atom is -0.378 e. The molecule has 4 aliphatic heterocycles. The van der Waals surface area contributed by atoms with E-state index in [2.05, 4.69) is 27.7 Å². The number of anilines is 2. The zero-order valence-electron chi connectivity index (χ0n) is 31.3. The zero-order chi connectivity index (χ0) is 38.8. The van der Waals surface area contributed by atoms with Crippen LogP contribution in [0.5, 0.6) is 0 Å². The van der Waals surface area contributed by atoms with Gasteiger partial charge in [0.25, 0.3) is 23.6 Å². The van der Waals surface area contributed by atoms with E-state index in [0.717, 1.165) is 48.3 Å². The third-order valence-electron chi connectivity index (χ3n) is 11.1. The molecule has 0 aliphatic carbocycles. The first-order valence-corrected chi connectivity index (χ1v) is 20.1. The average molecular weight is 779 g/mol. The molecule has 1 N–H and O–H groups in total. The molecule has 0 unspecified atom stereocenters. The van der Waals surface area contributed by atoms with Crippen molar-refractivity contribution in [1.82, 2.24) is 20.0 Å². The second-order valence-corrected chi connectivity index (χ2v) is 14.9. The van der Waals surface area contributed by atoms with Crippen LogP contribution in [-0.4, -0.2) is 142 Å². The van der Waals surface area contributed by atoms with Gasteiger partial charge in [-0.1, -0.05) is 24.3 Å². The molecule has 4 aromatic rings. The van der Waals surface area contributed by atoms with Gasteiger partial charge in [-0.3, -0.25) is 33.8 Å². The summed E-state index contributed by atoms with van der Waals surface area (Å²) in [6.45, 7) is 7.11. The number of rotatable bonds is 14. The molecule has 5 amide bonds. The van der Waals surface area contributed by atoms with Gasteiger partial charge < -0.3 is 29.5 Å². The van der Waals surface area contributed by atoms with Gasteiger partial charge in [-0.25, -0.2) is 0 Å². The van der Waals surface area contributed by atoms with Gasteiger partial charge in [0.1, 0.15) is 0 Å². The Morgan fingerprint density at radius 2 is 1.14 bits per heavy atom. The van der Waals surface area contributed by atoms with E-state index >= 15 is 0 Å². The van der Waals surface area contributed by atoms with E-state index in [1.54, 1.807) is 17.0 Å². The summed E-state index contributed by atoms with van der Waals surface area (Å²) in [5.41, 5.74) is 3.88. The first-order valence-electron chi connectivity index (χ1n) is 19.4. The summed E-state index contributed by atoms with van der Waals surface area (Å²) in [7, 11) is 0. The molecule has 4 aromatic carbocycles. The van der Waals surface area contributed by atoms with Crippen LogP contribution in [0.2, 0.25) is 0 Å². The highest BCUT2D eigenvalue weighted by molar-refractivity contribution is 7.80. The summed E-state index contributed by atoms with van der Waals surface area (Å²) >= 11 is 4.27. The number of ether oxygens (including phenoxy) is 2. The van der Waals surface area contributed by atoms with Crippen molar-refractivity contribution < 1.29 is 33.4 Å². The molecule has 4 heterocycles. The third kappa shape index (κ3) is 7.34. The summed E-state index contributed by atoms with van der Waals surface area (Å²) in [5, 5.41) is 6.40. The molecule has 0 radical (unpaired) electrons. The quantitative estimate of drug-likeness (QED) is 0.111. The second kappa shape index (κ2) is 16.6. The summed E-state index contributed by atoms with van der Waals surface area (Å²) in [6, 6.07) is 18.9. The van der Waals surface area contributed by atoms with Gasteiger partial charge in [-0.05, 0) is 65.9 Å². The number of amides is 5. The summed E-state index contributed by atoms with van der Waals surface area (Å²) < 4.78 is 11.0. The largest absolute Gasteiger partial charge is 0.378 e. The van der Waals surface area contributed by atoms with E-state index in [0.29, 0.717) is 91.3 Å². The maximum absolute atomic E-state index is 14.0. The molecular formula is C42H46N6O7S. The topological polar surface area (TPSA) is 132 Å². The lowest BCUT2D eigenvalue weighted by Gasteiger charge is -2.32. The molecule has 0 bridgehead atoms. The summed E-state index contributed by atoms with van der Waals surface area (Å²) in [5.74, 6) is -1.09. The molecule has 292 valence electrons. The highest BCUT2D eigenvalue weighted by Gasteiger charge is 2.35. The van der Waals surface area contributed by atoms with E-state index < -0.39 is 0 Å². The Labute approximate surface area is 330 Å². The SMILES string of the molecule is O=C(CCS)N(CCCNCCN1C(=O)c2cccc3cc(N4CCOCC4)cc(c23)C1=O)CCN1C(=O)c2cccc3cc(N4CCOCC4)cc(c23)C1=O. The lowest BCUT2D eigenvalue weighted by atomic mass is 9.93. The van der Waals surface area contributed by atoms with E-state index in [-0.39, 0.29) is 55.6 Å². The van der Waals surface area contributed by atoms with Crippen LogP contribution in [-0.2, 0) is 14.3 Å². The van der Waals surface area contributed by atoms with Crippen LogP contribution < -0.4 is 15.1 Å². The van der Waals surface area contributed by atoms with E-state index in [1.807, 2.05) is 48.5 Å². The molecule has 0 saturated carbocycles. The van der Waals surface area contributed by atoms with Crippen LogP contribution in [0, 0.1) is 0 Å². The number of hydrogen-bond acceptors (Lipinski definition) is 11. The van der Waals surface area contributed by atoms with Crippen molar-refractivity contribution in [1.29, 1.82) is 0 Å². The van der Waals surface area contributed by atoms with Gasteiger partial charge in [0.05, 0.1) is 37.6 Å². The van der Waals surface area contributed by atoms with Gasteiger partial charge in [-0.2, -0.15) is 12.6 Å². The predicted molar refractivity (Wildman–Crippen MR) is 217 cm³/mol. The number of carbonyl (C=O) groups excluding carboxylic acids is 5. The van der Waals surface area contributed by atoms with Gasteiger partial charge in [-0.15, -0.1) is 0 Å². The van der Waals surface area contributed by atoms with Crippen LogP contribution >= 0.6 is 12.6 Å². The smallest absolute Gasteiger partial charge is 0.261 e. The normalized spacial score (nSPS) is 17.1. The highest BCUT2D eigenvalue weighted by atomic mass is 32.1. The molecule has 56 heavy (non-hydrogen) atoms. The molecule has 2 saturated heterocycles. The molecule has 0 atom stereocenters. The van der Waals surface area contributed by atoms with Crippen LogP contribution in [0.4, 0.5) is 11.4 Å². The number of imide groups is 2. The Kier molecular flexibility index (Phi) is 11.2. The van der Waals surface area contributed by atoms with Gasteiger partial charge in [0.2, 0.25) is 5.91 Å². The fourth-order valence-electron chi connectivity index (χ4n) is 8.24. The van der Waals surface area contributed by atoms with Crippen LogP contribution in [0.3, 0.4) is 0 Å². The standard InChI is InChI=1S/C42H46N6O7S/c49-36(8-23-56)46(13-14-48-40(51)33-7-2-5-29-25-31(45-17-21-55-22-18-45)27-35(38(29)33)42(48)53)11-3-9-43-10-12-47-39(50)32-6-1-4-28-24-30(44-15-19-54-20-16-44)26-34(37(28)32)41(47)52/h1-2,4-7,24-27,43,56H,3,8-23H2. The average Bonchev–Trinajstić information content (AvgIpc) is 3.23. The van der Waals surface area contributed by atoms with E-state index in [4.69, 9.17) is 9.47 Å². The molecule has 0 spiro atoms. The number of hydrogen-bond donors (Lipinski definition) is 2. The second-order valence-electron chi connectivity index (χ2n) is 14.5. The lowest BCUT2D eigenvalue weighted by molar-refractivity contribution is -0.131. The van der Waals surface area contributed by atoms with Crippen molar-refractivity contribution in [2.45, 2.75) is 12.8 Å². The molecule has 4 aliphatic rings. The predicted octanol–water partition coefficient (Wildman–Crippen LogP) is 3.69. The van der Waals surface area contributed by atoms with E-state index in [9.17, 15) is 24.0 Å². The number of nitrogens with one attached hydrogen (secondary N) is 1. The van der Waals surface area contributed by atoms with Crippen LogP contribution in [0.1, 0.15) is 54.3 Å². The Hall–Kier alpha value is -5.02. The Morgan fingerprint density at radius 3 is 1.66 bits per heavy atom. The van der Waals surface area contributed by atoms with Gasteiger partial charge in [0.15, 0.2) is 0 Å². The molecule has 13 nitrogen and oxygen atoms in total. The molecule has 14 heteroatoms. The minimum absolute atomic E-state index is 0.0572. The van der Waals surface area contributed by atoms with Crippen LogP contribution in [0.15, 0.2) is 60.7 Å². The minimum atomic E-state index is -0.367. The van der Waals surface area contributed by atoms with Gasteiger partial charge >= 0.3 is 0 Å². The van der Waals surface area contributed by atoms with E-state index in [1.165, 1.54) is 9.80 Å². The number of carbonyl (C=O) groups is 5. The van der Waals surface area contributed by atoms with Gasteiger partial charge in [0, 0.05) is 98.6 Å². The number of nitrogens with zero attached hydrogens (tertiary/aromatic N) is 5. The molecular weight excluding hydrogens is 733 g/mol. The van der Waals surface area contributed by atoms with Crippen molar-refractivity contribution in [3.63, 3.8) is 0 Å². The third-order valence-corrected chi connectivity index (χ3v) is 11.4. The number of morpholine rings is 2. The molecule has 2 fully saturated rings. The van der Waals surface area contributed by atoms with Crippen molar-refractivity contribution in [2.75, 3.05) is 107 Å².